The number of benzene rings is 1. The third-order valence-electron chi connectivity index (χ3n) is 3.07. The highest BCUT2D eigenvalue weighted by molar-refractivity contribution is 8.00. The van der Waals surface area contributed by atoms with E-state index in [0.717, 1.165) is 24.5 Å². The molecule has 2 rings (SSSR count). The van der Waals surface area contributed by atoms with Gasteiger partial charge in [0.2, 0.25) is 0 Å². The van der Waals surface area contributed by atoms with Gasteiger partial charge in [-0.1, -0.05) is 13.0 Å². The molecule has 1 fully saturated rings. The lowest BCUT2D eigenvalue weighted by molar-refractivity contribution is 0.591. The SMILES string of the molecule is CC1CN(c2cccc(F)c2[C@@H](C)N)CCS1. The van der Waals surface area contributed by atoms with E-state index in [9.17, 15) is 4.39 Å². The van der Waals surface area contributed by atoms with Crippen LogP contribution in [0.5, 0.6) is 0 Å². The van der Waals surface area contributed by atoms with Gasteiger partial charge < -0.3 is 10.6 Å². The summed E-state index contributed by atoms with van der Waals surface area (Å²) in [5.74, 6) is 0.902. The van der Waals surface area contributed by atoms with Crippen molar-refractivity contribution in [2.45, 2.75) is 25.1 Å². The van der Waals surface area contributed by atoms with E-state index < -0.39 is 0 Å². The summed E-state index contributed by atoms with van der Waals surface area (Å²) >= 11 is 1.97. The van der Waals surface area contributed by atoms with Gasteiger partial charge in [-0.3, -0.25) is 0 Å². The first-order valence-corrected chi connectivity index (χ1v) is 7.05. The second-order valence-electron chi connectivity index (χ2n) is 4.59. The number of nitrogens with zero attached hydrogens (tertiary/aromatic N) is 1. The Labute approximate surface area is 106 Å². The summed E-state index contributed by atoms with van der Waals surface area (Å²) in [6, 6.07) is 4.97. The number of halogens is 1. The van der Waals surface area contributed by atoms with E-state index in [4.69, 9.17) is 5.73 Å². The first-order chi connectivity index (χ1) is 8.09. The Hall–Kier alpha value is -0.740. The molecule has 0 amide bonds. The van der Waals surface area contributed by atoms with Crippen molar-refractivity contribution in [3.05, 3.63) is 29.6 Å². The Kier molecular flexibility index (Phi) is 3.94. The van der Waals surface area contributed by atoms with Crippen LogP contribution in [-0.4, -0.2) is 24.1 Å². The van der Waals surface area contributed by atoms with Gasteiger partial charge in [-0.05, 0) is 19.1 Å². The standard InChI is InChI=1S/C13H19FN2S/c1-9-8-16(6-7-17-9)12-5-3-4-11(14)13(12)10(2)15/h3-5,9-10H,6-8,15H2,1-2H3/t9?,10-/m1/s1. The van der Waals surface area contributed by atoms with Crippen molar-refractivity contribution in [2.24, 2.45) is 5.73 Å². The average Bonchev–Trinajstić information content (AvgIpc) is 2.28. The van der Waals surface area contributed by atoms with Crippen LogP contribution in [0.3, 0.4) is 0 Å². The van der Waals surface area contributed by atoms with Gasteiger partial charge in [0.25, 0.3) is 0 Å². The molecule has 94 valence electrons. The van der Waals surface area contributed by atoms with E-state index in [2.05, 4.69) is 11.8 Å². The number of hydrogen-bond donors (Lipinski definition) is 1. The van der Waals surface area contributed by atoms with Crippen LogP contribution >= 0.6 is 11.8 Å². The van der Waals surface area contributed by atoms with Gasteiger partial charge in [-0.25, -0.2) is 4.39 Å². The number of rotatable bonds is 2. The van der Waals surface area contributed by atoms with Crippen molar-refractivity contribution in [1.29, 1.82) is 0 Å². The summed E-state index contributed by atoms with van der Waals surface area (Å²) < 4.78 is 13.8. The van der Waals surface area contributed by atoms with Gasteiger partial charge >= 0.3 is 0 Å². The minimum atomic E-state index is -0.268. The minimum absolute atomic E-state index is 0.191. The van der Waals surface area contributed by atoms with Crippen LogP contribution in [0.1, 0.15) is 25.5 Å². The van der Waals surface area contributed by atoms with Crippen LogP contribution in [0, 0.1) is 5.82 Å². The lowest BCUT2D eigenvalue weighted by Gasteiger charge is -2.34. The van der Waals surface area contributed by atoms with E-state index in [1.807, 2.05) is 24.8 Å². The van der Waals surface area contributed by atoms with Crippen molar-refractivity contribution >= 4 is 17.4 Å². The Balaban J connectivity index is 2.34. The molecular formula is C13H19FN2S. The van der Waals surface area contributed by atoms with Crippen LogP contribution in [0.25, 0.3) is 0 Å². The molecule has 17 heavy (non-hydrogen) atoms. The summed E-state index contributed by atoms with van der Waals surface area (Å²) in [6.45, 7) is 5.98. The highest BCUT2D eigenvalue weighted by Gasteiger charge is 2.22. The molecule has 1 aliphatic heterocycles. The second kappa shape index (κ2) is 5.27. The van der Waals surface area contributed by atoms with Gasteiger partial charge in [0.1, 0.15) is 5.82 Å². The molecule has 1 aromatic carbocycles. The predicted molar refractivity (Wildman–Crippen MR) is 73.1 cm³/mol. The van der Waals surface area contributed by atoms with Gasteiger partial charge in [-0.15, -0.1) is 0 Å². The van der Waals surface area contributed by atoms with Crippen molar-refractivity contribution in [3.63, 3.8) is 0 Å². The molecule has 1 unspecified atom stereocenters. The van der Waals surface area contributed by atoms with Crippen LogP contribution < -0.4 is 10.6 Å². The largest absolute Gasteiger partial charge is 0.369 e. The van der Waals surface area contributed by atoms with Crippen LogP contribution in [-0.2, 0) is 0 Å². The molecule has 0 bridgehead atoms. The summed E-state index contributed by atoms with van der Waals surface area (Å²) in [7, 11) is 0. The van der Waals surface area contributed by atoms with Crippen LogP contribution in [0.2, 0.25) is 0 Å². The van der Waals surface area contributed by atoms with E-state index in [0.29, 0.717) is 10.8 Å². The zero-order valence-corrected chi connectivity index (χ0v) is 11.1. The predicted octanol–water partition coefficient (Wildman–Crippen LogP) is 2.79. The first-order valence-electron chi connectivity index (χ1n) is 6.00. The van der Waals surface area contributed by atoms with E-state index in [1.165, 1.54) is 6.07 Å². The fourth-order valence-corrected chi connectivity index (χ4v) is 3.30. The fraction of sp³-hybridized carbons (Fsp3) is 0.538. The van der Waals surface area contributed by atoms with Crippen LogP contribution in [0.4, 0.5) is 10.1 Å². The van der Waals surface area contributed by atoms with Gasteiger partial charge in [0.15, 0.2) is 0 Å². The van der Waals surface area contributed by atoms with E-state index >= 15 is 0 Å². The molecule has 0 spiro atoms. The second-order valence-corrected chi connectivity index (χ2v) is 6.14. The molecule has 1 saturated heterocycles. The molecule has 2 nitrogen and oxygen atoms in total. The Morgan fingerprint density at radius 3 is 2.94 bits per heavy atom. The third-order valence-corrected chi connectivity index (χ3v) is 4.20. The molecule has 4 heteroatoms. The maximum atomic E-state index is 13.8. The Morgan fingerprint density at radius 1 is 1.53 bits per heavy atom. The maximum Gasteiger partial charge on any atom is 0.130 e. The number of nitrogens with two attached hydrogens (primary N) is 1. The zero-order valence-electron chi connectivity index (χ0n) is 10.3. The molecule has 1 aliphatic rings. The summed E-state index contributed by atoms with van der Waals surface area (Å²) in [4.78, 5) is 2.25. The summed E-state index contributed by atoms with van der Waals surface area (Å²) in [5, 5.41) is 0.591. The smallest absolute Gasteiger partial charge is 0.130 e. The fourth-order valence-electron chi connectivity index (χ4n) is 2.29. The van der Waals surface area contributed by atoms with Gasteiger partial charge in [-0.2, -0.15) is 11.8 Å². The lowest BCUT2D eigenvalue weighted by Crippen LogP contribution is -2.37. The molecule has 1 heterocycles. The molecule has 2 atom stereocenters. The topological polar surface area (TPSA) is 29.3 Å². The summed E-state index contributed by atoms with van der Waals surface area (Å²) in [5.41, 5.74) is 7.49. The third kappa shape index (κ3) is 2.75. The van der Waals surface area contributed by atoms with Gasteiger partial charge in [0.05, 0.1) is 0 Å². The van der Waals surface area contributed by atoms with Crippen molar-refractivity contribution in [1.82, 2.24) is 0 Å². The minimum Gasteiger partial charge on any atom is -0.369 e. The van der Waals surface area contributed by atoms with Crippen molar-refractivity contribution < 1.29 is 4.39 Å². The summed E-state index contributed by atoms with van der Waals surface area (Å²) in [6.07, 6.45) is 0. The molecule has 0 aromatic heterocycles. The molecule has 0 aliphatic carbocycles. The molecule has 0 saturated carbocycles. The zero-order chi connectivity index (χ0) is 12.4. The van der Waals surface area contributed by atoms with Crippen molar-refractivity contribution in [2.75, 3.05) is 23.7 Å². The molecule has 1 aromatic rings. The maximum absolute atomic E-state index is 13.8. The first kappa shape index (κ1) is 12.7. The Bertz CT molecular complexity index is 395. The van der Waals surface area contributed by atoms with Gasteiger partial charge in [0, 0.05) is 41.4 Å². The normalized spacial score (nSPS) is 22.6. The number of hydrogen-bond acceptors (Lipinski definition) is 3. The van der Waals surface area contributed by atoms with Crippen LogP contribution in [0.15, 0.2) is 18.2 Å². The van der Waals surface area contributed by atoms with E-state index in [1.54, 1.807) is 6.07 Å². The monoisotopic (exact) mass is 254 g/mol. The average molecular weight is 254 g/mol. The van der Waals surface area contributed by atoms with E-state index in [-0.39, 0.29) is 11.9 Å². The molecular weight excluding hydrogens is 235 g/mol. The van der Waals surface area contributed by atoms with Crippen molar-refractivity contribution in [3.8, 4) is 0 Å². The number of anilines is 1. The highest BCUT2D eigenvalue weighted by Crippen LogP contribution is 2.31. The quantitative estimate of drug-likeness (QED) is 0.880. The lowest BCUT2D eigenvalue weighted by atomic mass is 10.0. The Morgan fingerprint density at radius 2 is 2.29 bits per heavy atom. The molecule has 2 N–H and O–H groups in total. The number of thioether (sulfide) groups is 1. The highest BCUT2D eigenvalue weighted by atomic mass is 32.2. The molecule has 0 radical (unpaired) electrons.